The summed E-state index contributed by atoms with van der Waals surface area (Å²) in [5, 5.41) is 2.60. The van der Waals surface area contributed by atoms with Crippen molar-refractivity contribution in [1.29, 1.82) is 0 Å². The Morgan fingerprint density at radius 1 is 1.18 bits per heavy atom. The van der Waals surface area contributed by atoms with E-state index in [1.807, 2.05) is 13.8 Å². The van der Waals surface area contributed by atoms with E-state index in [4.69, 9.17) is 0 Å². The van der Waals surface area contributed by atoms with Crippen molar-refractivity contribution < 1.29 is 19.2 Å². The fraction of sp³-hybridized carbons (Fsp3) is 0.733. The van der Waals surface area contributed by atoms with Gasteiger partial charge in [-0.05, 0) is 25.2 Å². The van der Waals surface area contributed by atoms with Crippen molar-refractivity contribution in [3.63, 3.8) is 0 Å². The second-order valence-electron chi connectivity index (χ2n) is 6.03. The Kier molecular flexibility index (Phi) is 5.15. The normalized spacial score (nSPS) is 25.8. The highest BCUT2D eigenvalue weighted by molar-refractivity contribution is 6.45. The van der Waals surface area contributed by atoms with Gasteiger partial charge in [-0.2, -0.15) is 0 Å². The van der Waals surface area contributed by atoms with Gasteiger partial charge >= 0.3 is 17.8 Å². The van der Waals surface area contributed by atoms with E-state index in [-0.39, 0.29) is 18.5 Å². The minimum atomic E-state index is -0.894. The predicted octanol–water partition coefficient (Wildman–Crippen LogP) is 0.882. The van der Waals surface area contributed by atoms with E-state index >= 15 is 0 Å². The van der Waals surface area contributed by atoms with Crippen LogP contribution in [0.1, 0.15) is 46.0 Å². The molecule has 2 aliphatic rings. The van der Waals surface area contributed by atoms with Gasteiger partial charge in [0.15, 0.2) is 0 Å². The molecule has 2 rings (SSSR count). The molecule has 1 heterocycles. The Bertz CT molecular complexity index is 491. The van der Waals surface area contributed by atoms with Gasteiger partial charge in [0.25, 0.3) is 0 Å². The molecule has 2 fully saturated rings. The molecule has 0 bridgehead atoms. The number of rotatable bonds is 5. The van der Waals surface area contributed by atoms with Gasteiger partial charge in [0.05, 0.1) is 0 Å². The van der Waals surface area contributed by atoms with E-state index in [2.05, 4.69) is 5.32 Å². The smallest absolute Gasteiger partial charge is 0.334 e. The number of hydrogen-bond acceptors (Lipinski definition) is 4. The minimum Gasteiger partial charge on any atom is -0.355 e. The van der Waals surface area contributed by atoms with Gasteiger partial charge in [-0.25, -0.2) is 9.69 Å². The first kappa shape index (κ1) is 16.5. The maximum Gasteiger partial charge on any atom is 0.334 e. The van der Waals surface area contributed by atoms with Gasteiger partial charge in [0.1, 0.15) is 6.54 Å². The number of carbonyl (C=O) groups is 4. The van der Waals surface area contributed by atoms with Crippen LogP contribution in [-0.4, -0.2) is 52.7 Å². The zero-order valence-corrected chi connectivity index (χ0v) is 13.1. The molecule has 1 aliphatic heterocycles. The second-order valence-corrected chi connectivity index (χ2v) is 6.03. The molecule has 0 spiro atoms. The van der Waals surface area contributed by atoms with Gasteiger partial charge < -0.3 is 5.32 Å². The van der Waals surface area contributed by atoms with Crippen LogP contribution < -0.4 is 5.32 Å². The molecular weight excluding hydrogens is 286 g/mol. The zero-order chi connectivity index (χ0) is 16.3. The molecule has 0 radical (unpaired) electrons. The monoisotopic (exact) mass is 309 g/mol. The first-order valence-corrected chi connectivity index (χ1v) is 7.93. The third kappa shape index (κ3) is 3.13. The number of nitrogens with zero attached hydrogens (tertiary/aromatic N) is 2. The van der Waals surface area contributed by atoms with E-state index < -0.39 is 23.8 Å². The average Bonchev–Trinajstić information content (AvgIpc) is 2.70. The highest BCUT2D eigenvalue weighted by Gasteiger charge is 2.49. The molecule has 2 atom stereocenters. The molecule has 7 nitrogen and oxygen atoms in total. The molecule has 0 aromatic carbocycles. The zero-order valence-electron chi connectivity index (χ0n) is 13.1. The fourth-order valence-corrected chi connectivity index (χ4v) is 3.10. The lowest BCUT2D eigenvalue weighted by Crippen LogP contribution is -2.47. The van der Waals surface area contributed by atoms with Crippen molar-refractivity contribution in [1.82, 2.24) is 15.1 Å². The van der Waals surface area contributed by atoms with Gasteiger partial charge in [-0.3, -0.25) is 19.3 Å². The van der Waals surface area contributed by atoms with E-state index in [0.717, 1.165) is 41.9 Å². The number of nitrogens with one attached hydrogen (secondary N) is 1. The molecule has 1 saturated carbocycles. The SMILES string of the molecule is CCCNC(=O)CN1C(=O)C(=O)N([C@@H]2CCCC[C@@H]2C)C1=O. The fourth-order valence-electron chi connectivity index (χ4n) is 3.10. The van der Waals surface area contributed by atoms with Crippen LogP contribution in [0.15, 0.2) is 0 Å². The summed E-state index contributed by atoms with van der Waals surface area (Å²) < 4.78 is 0. The van der Waals surface area contributed by atoms with Crippen LogP contribution in [0.5, 0.6) is 0 Å². The lowest BCUT2D eigenvalue weighted by atomic mass is 9.85. The third-order valence-corrected chi connectivity index (χ3v) is 4.36. The summed E-state index contributed by atoms with van der Waals surface area (Å²) in [6, 6.07) is -0.887. The van der Waals surface area contributed by atoms with E-state index in [1.54, 1.807) is 0 Å². The molecule has 0 aromatic rings. The highest BCUT2D eigenvalue weighted by Crippen LogP contribution is 2.31. The Hall–Kier alpha value is -1.92. The maximum absolute atomic E-state index is 12.4. The van der Waals surface area contributed by atoms with Gasteiger partial charge in [-0.15, -0.1) is 0 Å². The van der Waals surface area contributed by atoms with Crippen LogP contribution in [0.3, 0.4) is 0 Å². The molecule has 1 saturated heterocycles. The number of carbonyl (C=O) groups excluding carboxylic acids is 4. The van der Waals surface area contributed by atoms with E-state index in [0.29, 0.717) is 6.54 Å². The topological polar surface area (TPSA) is 86.8 Å². The third-order valence-electron chi connectivity index (χ3n) is 4.36. The van der Waals surface area contributed by atoms with Crippen molar-refractivity contribution in [3.05, 3.63) is 0 Å². The Morgan fingerprint density at radius 3 is 2.50 bits per heavy atom. The molecular formula is C15H23N3O4. The highest BCUT2D eigenvalue weighted by atomic mass is 16.2. The summed E-state index contributed by atoms with van der Waals surface area (Å²) in [5.41, 5.74) is 0. The predicted molar refractivity (Wildman–Crippen MR) is 78.7 cm³/mol. The standard InChI is InChI=1S/C15H23N3O4/c1-3-8-16-12(19)9-17-13(20)14(21)18(15(17)22)11-7-5-4-6-10(11)2/h10-11H,3-9H2,1-2H3,(H,16,19)/t10-,11+/m0/s1. The molecule has 7 heteroatoms. The van der Waals surface area contributed by atoms with Gasteiger partial charge in [0.2, 0.25) is 5.91 Å². The van der Waals surface area contributed by atoms with Crippen molar-refractivity contribution >= 4 is 23.8 Å². The maximum atomic E-state index is 12.4. The summed E-state index contributed by atoms with van der Waals surface area (Å²) in [5.74, 6) is -1.93. The van der Waals surface area contributed by atoms with Crippen molar-refractivity contribution in [2.24, 2.45) is 5.92 Å². The van der Waals surface area contributed by atoms with Crippen molar-refractivity contribution in [3.8, 4) is 0 Å². The van der Waals surface area contributed by atoms with Gasteiger partial charge in [0, 0.05) is 12.6 Å². The summed E-state index contributed by atoms with van der Waals surface area (Å²) in [7, 11) is 0. The van der Waals surface area contributed by atoms with Crippen molar-refractivity contribution in [2.75, 3.05) is 13.1 Å². The quantitative estimate of drug-likeness (QED) is 0.603. The Morgan fingerprint density at radius 2 is 1.86 bits per heavy atom. The number of urea groups is 1. The molecule has 1 aliphatic carbocycles. The lowest BCUT2D eigenvalue weighted by Gasteiger charge is -2.34. The van der Waals surface area contributed by atoms with E-state index in [1.165, 1.54) is 0 Å². The molecule has 22 heavy (non-hydrogen) atoms. The number of amides is 5. The summed E-state index contributed by atoms with van der Waals surface area (Å²) in [4.78, 5) is 50.1. The summed E-state index contributed by atoms with van der Waals surface area (Å²) >= 11 is 0. The van der Waals surface area contributed by atoms with Crippen LogP contribution in [0, 0.1) is 5.92 Å². The van der Waals surface area contributed by atoms with E-state index in [9.17, 15) is 19.2 Å². The van der Waals surface area contributed by atoms with Crippen LogP contribution in [0.25, 0.3) is 0 Å². The first-order valence-electron chi connectivity index (χ1n) is 7.93. The van der Waals surface area contributed by atoms with Crippen LogP contribution in [0.2, 0.25) is 0 Å². The molecule has 0 unspecified atom stereocenters. The van der Waals surface area contributed by atoms with Gasteiger partial charge in [-0.1, -0.05) is 26.7 Å². The molecule has 0 aromatic heterocycles. The van der Waals surface area contributed by atoms with Crippen LogP contribution in [-0.2, 0) is 14.4 Å². The Labute approximate surface area is 130 Å². The van der Waals surface area contributed by atoms with Crippen LogP contribution >= 0.6 is 0 Å². The molecule has 1 N–H and O–H groups in total. The Balaban J connectivity index is 2.08. The summed E-state index contributed by atoms with van der Waals surface area (Å²) in [6.45, 7) is 3.99. The second kappa shape index (κ2) is 6.89. The van der Waals surface area contributed by atoms with Crippen molar-refractivity contribution in [2.45, 2.75) is 52.0 Å². The van der Waals surface area contributed by atoms with Crippen LogP contribution in [0.4, 0.5) is 4.79 Å². The first-order chi connectivity index (χ1) is 10.5. The minimum absolute atomic E-state index is 0.184. The molecule has 122 valence electrons. The number of hydrogen-bond donors (Lipinski definition) is 1. The summed E-state index contributed by atoms with van der Waals surface area (Å²) in [6.07, 6.45) is 4.44. The lowest BCUT2D eigenvalue weighted by molar-refractivity contribution is -0.145. The molecule has 5 amide bonds. The average molecular weight is 309 g/mol. The number of imide groups is 2. The largest absolute Gasteiger partial charge is 0.355 e.